The van der Waals surface area contributed by atoms with Crippen LogP contribution in [-0.2, 0) is 9.53 Å². The molecule has 0 aliphatic heterocycles. The quantitative estimate of drug-likeness (QED) is 0.363. The highest BCUT2D eigenvalue weighted by atomic mass is 27.0. The van der Waals surface area contributed by atoms with E-state index in [9.17, 15) is 4.79 Å². The van der Waals surface area contributed by atoms with E-state index in [1.54, 1.807) is 0 Å². The van der Waals surface area contributed by atoms with E-state index < -0.39 is 0 Å². The van der Waals surface area contributed by atoms with Crippen molar-refractivity contribution in [3.8, 4) is 0 Å². The van der Waals surface area contributed by atoms with Crippen molar-refractivity contribution in [2.45, 2.75) is 59.3 Å². The molecule has 2 nitrogen and oxygen atoms in total. The van der Waals surface area contributed by atoms with Crippen molar-refractivity contribution >= 4 is 23.3 Å². The molecule has 0 rings (SSSR count). The zero-order valence-corrected chi connectivity index (χ0v) is 9.84. The lowest BCUT2D eigenvalue weighted by Gasteiger charge is -2.13. The molecule has 90 valence electrons. The molecule has 3 heteroatoms. The van der Waals surface area contributed by atoms with Crippen LogP contribution in [0.5, 0.6) is 0 Å². The van der Waals surface area contributed by atoms with Gasteiger partial charge in [-0.15, -0.1) is 0 Å². The third-order valence-corrected chi connectivity index (χ3v) is 2.47. The zero-order valence-electron chi connectivity index (χ0n) is 9.84. The van der Waals surface area contributed by atoms with Crippen LogP contribution in [0.2, 0.25) is 0 Å². The number of esters is 1. The fourth-order valence-electron chi connectivity index (χ4n) is 1.37. The van der Waals surface area contributed by atoms with Gasteiger partial charge in [-0.05, 0) is 19.3 Å². The van der Waals surface area contributed by atoms with Crippen LogP contribution in [0.15, 0.2) is 0 Å². The highest BCUT2D eigenvalue weighted by molar-refractivity contribution is 5.75. The molecule has 0 aromatic heterocycles. The minimum Gasteiger partial charge on any atom is -0.465 e. The molecule has 15 heavy (non-hydrogen) atoms. The van der Waals surface area contributed by atoms with Crippen molar-refractivity contribution in [1.82, 2.24) is 0 Å². The predicted molar refractivity (Wildman–Crippen MR) is 69.1 cm³/mol. The van der Waals surface area contributed by atoms with E-state index in [0.29, 0.717) is 6.61 Å². The molecule has 0 aliphatic rings. The number of ether oxygens (including phenoxy) is 1. The Bertz CT molecular complexity index is 149. The van der Waals surface area contributed by atoms with Gasteiger partial charge in [-0.1, -0.05) is 40.0 Å². The van der Waals surface area contributed by atoms with Gasteiger partial charge in [0.2, 0.25) is 0 Å². The van der Waals surface area contributed by atoms with Gasteiger partial charge in [-0.3, -0.25) is 4.79 Å². The molecule has 0 bridgehead atoms. The summed E-state index contributed by atoms with van der Waals surface area (Å²) in [6.07, 6.45) is 6.23. The molecule has 1 atom stereocenters. The molecule has 0 heterocycles. The van der Waals surface area contributed by atoms with Crippen LogP contribution in [0.3, 0.4) is 0 Å². The summed E-state index contributed by atoms with van der Waals surface area (Å²) in [5.74, 6) is 0.140. The number of unbranched alkanes of at least 4 members (excludes halogenated alkanes) is 2. The molecule has 0 amide bonds. The van der Waals surface area contributed by atoms with Gasteiger partial charge < -0.3 is 4.74 Å². The highest BCUT2D eigenvalue weighted by Crippen LogP contribution is 2.14. The second-order valence-electron chi connectivity index (χ2n) is 3.77. The van der Waals surface area contributed by atoms with Crippen LogP contribution in [0, 0.1) is 5.92 Å². The summed E-state index contributed by atoms with van der Waals surface area (Å²) in [7, 11) is 0. The number of rotatable bonds is 8. The summed E-state index contributed by atoms with van der Waals surface area (Å²) < 4.78 is 5.19. The van der Waals surface area contributed by atoms with Crippen LogP contribution in [0.1, 0.15) is 59.3 Å². The molecule has 0 saturated heterocycles. The predicted octanol–water partition coefficient (Wildman–Crippen LogP) is 2.36. The van der Waals surface area contributed by atoms with Gasteiger partial charge in [-0.25, -0.2) is 0 Å². The van der Waals surface area contributed by atoms with Gasteiger partial charge in [0.05, 0.1) is 12.5 Å². The number of carbonyl (C=O) groups is 1. The Morgan fingerprint density at radius 1 is 1.13 bits per heavy atom. The van der Waals surface area contributed by atoms with Gasteiger partial charge in [-0.2, -0.15) is 0 Å². The first kappa shape index (κ1) is 17.4. The molecular weight excluding hydrogens is 203 g/mol. The Hall–Kier alpha value is 0.00247. The second kappa shape index (κ2) is 12.1. The van der Waals surface area contributed by atoms with E-state index in [2.05, 4.69) is 20.8 Å². The molecule has 0 fully saturated rings. The van der Waals surface area contributed by atoms with E-state index in [-0.39, 0.29) is 29.2 Å². The largest absolute Gasteiger partial charge is 0.465 e. The highest BCUT2D eigenvalue weighted by Gasteiger charge is 2.16. The first-order valence-electron chi connectivity index (χ1n) is 5.92. The van der Waals surface area contributed by atoms with Gasteiger partial charge in [0, 0.05) is 0 Å². The second-order valence-corrected chi connectivity index (χ2v) is 3.77. The Labute approximate surface area is 105 Å². The molecule has 0 aliphatic carbocycles. The molecule has 0 aromatic carbocycles. The average Bonchev–Trinajstić information content (AvgIpc) is 2.19. The number of hydrogen-bond acceptors (Lipinski definition) is 2. The average molecular weight is 230 g/mol. The molecule has 0 saturated carbocycles. The summed E-state index contributed by atoms with van der Waals surface area (Å²) in [4.78, 5) is 11.5. The maximum atomic E-state index is 11.5. The Balaban J connectivity index is 0. The van der Waals surface area contributed by atoms with E-state index in [1.165, 1.54) is 0 Å². The minimum absolute atomic E-state index is 0. The Kier molecular flexibility index (Phi) is 14.0. The van der Waals surface area contributed by atoms with Crippen molar-refractivity contribution in [2.75, 3.05) is 6.61 Å². The van der Waals surface area contributed by atoms with Crippen molar-refractivity contribution in [1.29, 1.82) is 0 Å². The van der Waals surface area contributed by atoms with Crippen molar-refractivity contribution in [3.63, 3.8) is 0 Å². The van der Waals surface area contributed by atoms with Crippen molar-refractivity contribution in [3.05, 3.63) is 0 Å². The number of carbonyl (C=O) groups excluding carboxylic acids is 1. The van der Waals surface area contributed by atoms with Crippen LogP contribution < -0.4 is 0 Å². The Morgan fingerprint density at radius 3 is 2.20 bits per heavy atom. The SMILES string of the molecule is CCCCOC(=O)C(CC)CCCC.[AlH3]. The fraction of sp³-hybridized carbons (Fsp3) is 0.917. The van der Waals surface area contributed by atoms with Crippen LogP contribution in [0.4, 0.5) is 0 Å². The van der Waals surface area contributed by atoms with Crippen LogP contribution in [-0.4, -0.2) is 29.9 Å². The molecule has 0 radical (unpaired) electrons. The maximum absolute atomic E-state index is 11.5. The van der Waals surface area contributed by atoms with Gasteiger partial charge in [0.1, 0.15) is 0 Å². The molecule has 0 spiro atoms. The van der Waals surface area contributed by atoms with Crippen molar-refractivity contribution < 1.29 is 9.53 Å². The third kappa shape index (κ3) is 8.96. The lowest BCUT2D eigenvalue weighted by atomic mass is 10.00. The molecule has 1 unspecified atom stereocenters. The maximum Gasteiger partial charge on any atom is 0.308 e. The summed E-state index contributed by atoms with van der Waals surface area (Å²) in [6, 6.07) is 0. The van der Waals surface area contributed by atoms with E-state index in [0.717, 1.165) is 38.5 Å². The summed E-state index contributed by atoms with van der Waals surface area (Å²) in [6.45, 7) is 6.90. The standard InChI is InChI=1S/C12H24O2.Al.3H/c1-4-7-9-11(6-3)12(13)14-10-8-5-2;;;;/h11H,4-10H2,1-3H3;;;;. The summed E-state index contributed by atoms with van der Waals surface area (Å²) in [5, 5.41) is 0. The van der Waals surface area contributed by atoms with E-state index >= 15 is 0 Å². The van der Waals surface area contributed by atoms with Crippen molar-refractivity contribution in [2.24, 2.45) is 5.92 Å². The van der Waals surface area contributed by atoms with Gasteiger partial charge in [0.25, 0.3) is 0 Å². The zero-order chi connectivity index (χ0) is 10.8. The van der Waals surface area contributed by atoms with E-state index in [4.69, 9.17) is 4.74 Å². The normalized spacial score (nSPS) is 11.7. The minimum atomic E-state index is 0. The molecular formula is C12H27AlO2. The first-order chi connectivity index (χ1) is 6.76. The Morgan fingerprint density at radius 2 is 1.73 bits per heavy atom. The topological polar surface area (TPSA) is 26.3 Å². The van der Waals surface area contributed by atoms with Gasteiger partial charge in [0.15, 0.2) is 17.4 Å². The smallest absolute Gasteiger partial charge is 0.308 e. The van der Waals surface area contributed by atoms with Crippen LogP contribution in [0.25, 0.3) is 0 Å². The first-order valence-corrected chi connectivity index (χ1v) is 5.92. The summed E-state index contributed by atoms with van der Waals surface area (Å²) in [5.41, 5.74) is 0. The van der Waals surface area contributed by atoms with Gasteiger partial charge >= 0.3 is 5.97 Å². The fourth-order valence-corrected chi connectivity index (χ4v) is 1.37. The monoisotopic (exact) mass is 230 g/mol. The lowest BCUT2D eigenvalue weighted by Crippen LogP contribution is -2.17. The number of hydrogen-bond donors (Lipinski definition) is 0. The lowest BCUT2D eigenvalue weighted by molar-refractivity contribution is -0.149. The van der Waals surface area contributed by atoms with Crippen LogP contribution >= 0.6 is 0 Å². The molecule has 0 aromatic rings. The third-order valence-electron chi connectivity index (χ3n) is 2.47. The molecule has 0 N–H and O–H groups in total. The summed E-state index contributed by atoms with van der Waals surface area (Å²) >= 11 is 0. The van der Waals surface area contributed by atoms with E-state index in [1.807, 2.05) is 0 Å².